The van der Waals surface area contributed by atoms with E-state index in [1.807, 2.05) is 6.07 Å². The van der Waals surface area contributed by atoms with Gasteiger partial charge in [0.05, 0.1) is 13.2 Å². The number of carbonyl (C=O) groups excluding carboxylic acids is 1. The number of nitrogens with zero attached hydrogens (tertiary/aromatic N) is 1. The van der Waals surface area contributed by atoms with Gasteiger partial charge in [-0.25, -0.2) is 9.59 Å². The number of hydrogen-bond donors (Lipinski definition) is 1. The summed E-state index contributed by atoms with van der Waals surface area (Å²) in [7, 11) is 1.55. The lowest BCUT2D eigenvalue weighted by molar-refractivity contribution is -0.143. The Hall–Kier alpha value is -2.24. The molecular formula is C17H25NO5. The molecule has 6 heteroatoms. The molecule has 1 amide bonds. The van der Waals surface area contributed by atoms with Crippen LogP contribution in [0.5, 0.6) is 5.75 Å². The Bertz CT molecular complexity index is 564. The van der Waals surface area contributed by atoms with Crippen LogP contribution in [0.3, 0.4) is 0 Å². The molecular weight excluding hydrogens is 298 g/mol. The molecule has 2 unspecified atom stereocenters. The maximum atomic E-state index is 12.5. The molecule has 0 heterocycles. The lowest BCUT2D eigenvalue weighted by Gasteiger charge is -2.34. The van der Waals surface area contributed by atoms with E-state index in [4.69, 9.17) is 9.47 Å². The smallest absolute Gasteiger partial charge is 0.411 e. The number of benzene rings is 1. The lowest BCUT2D eigenvalue weighted by atomic mass is 10.1. The summed E-state index contributed by atoms with van der Waals surface area (Å²) >= 11 is 0. The van der Waals surface area contributed by atoms with Gasteiger partial charge in [-0.15, -0.1) is 0 Å². The average molecular weight is 323 g/mol. The summed E-state index contributed by atoms with van der Waals surface area (Å²) in [4.78, 5) is 25.1. The summed E-state index contributed by atoms with van der Waals surface area (Å²) in [5, 5.41) is 9.32. The number of carbonyl (C=O) groups is 2. The topological polar surface area (TPSA) is 76.1 Å². The van der Waals surface area contributed by atoms with Crippen molar-refractivity contribution < 1.29 is 24.2 Å². The zero-order valence-electron chi connectivity index (χ0n) is 14.5. The van der Waals surface area contributed by atoms with Crippen molar-refractivity contribution in [3.63, 3.8) is 0 Å². The van der Waals surface area contributed by atoms with E-state index in [2.05, 4.69) is 0 Å². The van der Waals surface area contributed by atoms with Gasteiger partial charge in [-0.1, -0.05) is 12.1 Å². The number of aliphatic carboxylic acids is 1. The van der Waals surface area contributed by atoms with Gasteiger partial charge in [-0.3, -0.25) is 4.90 Å². The predicted octanol–water partition coefficient (Wildman–Crippen LogP) is 3.47. The average Bonchev–Trinajstić information content (AvgIpc) is 2.45. The minimum Gasteiger partial charge on any atom is -0.497 e. The first-order valence-electron chi connectivity index (χ1n) is 7.45. The van der Waals surface area contributed by atoms with E-state index in [1.165, 1.54) is 11.8 Å². The molecule has 0 aliphatic heterocycles. The molecule has 0 aromatic heterocycles. The minimum atomic E-state index is -1.09. The van der Waals surface area contributed by atoms with Crippen molar-refractivity contribution >= 4 is 12.1 Å². The summed E-state index contributed by atoms with van der Waals surface area (Å²) in [5.41, 5.74) is 0.0603. The maximum absolute atomic E-state index is 12.5. The largest absolute Gasteiger partial charge is 0.497 e. The Labute approximate surface area is 137 Å². The van der Waals surface area contributed by atoms with Crippen LogP contribution in [0.25, 0.3) is 0 Å². The predicted molar refractivity (Wildman–Crippen MR) is 86.6 cm³/mol. The number of methoxy groups -OCH3 is 1. The zero-order valence-corrected chi connectivity index (χ0v) is 14.5. The van der Waals surface area contributed by atoms with Gasteiger partial charge in [0.15, 0.2) is 0 Å². The summed E-state index contributed by atoms with van der Waals surface area (Å²) in [5.74, 6) is -0.452. The van der Waals surface area contributed by atoms with Crippen LogP contribution in [0.4, 0.5) is 4.79 Å². The maximum Gasteiger partial charge on any atom is 0.411 e. The summed E-state index contributed by atoms with van der Waals surface area (Å²) in [6, 6.07) is 5.67. The molecule has 0 bridgehead atoms. The highest BCUT2D eigenvalue weighted by Gasteiger charge is 2.34. The first-order chi connectivity index (χ1) is 10.6. The Morgan fingerprint density at radius 3 is 2.30 bits per heavy atom. The lowest BCUT2D eigenvalue weighted by Crippen LogP contribution is -2.46. The standard InChI is InChI=1S/C17H25NO5/c1-11(13-8-7-9-14(10-13)22-6)18(12(2)15(19)20)16(21)23-17(3,4)5/h7-12H,1-6H3,(H,19,20). The Morgan fingerprint density at radius 1 is 1.22 bits per heavy atom. The molecule has 1 N–H and O–H groups in total. The van der Waals surface area contributed by atoms with E-state index in [1.54, 1.807) is 53.0 Å². The van der Waals surface area contributed by atoms with Crippen molar-refractivity contribution in [2.24, 2.45) is 0 Å². The van der Waals surface area contributed by atoms with Crippen molar-refractivity contribution in [1.82, 2.24) is 4.90 Å². The third-order valence-electron chi connectivity index (χ3n) is 3.37. The van der Waals surface area contributed by atoms with Crippen LogP contribution < -0.4 is 4.74 Å². The Kier molecular flexibility index (Phi) is 6.01. The van der Waals surface area contributed by atoms with Gasteiger partial charge in [0.1, 0.15) is 17.4 Å². The van der Waals surface area contributed by atoms with Gasteiger partial charge in [-0.2, -0.15) is 0 Å². The minimum absolute atomic E-state index is 0.481. The van der Waals surface area contributed by atoms with Crippen LogP contribution in [0.2, 0.25) is 0 Å². The third-order valence-corrected chi connectivity index (χ3v) is 3.37. The van der Waals surface area contributed by atoms with Crippen LogP contribution in [0.1, 0.15) is 46.2 Å². The van der Waals surface area contributed by atoms with Crippen LogP contribution in [0.15, 0.2) is 24.3 Å². The van der Waals surface area contributed by atoms with Gasteiger partial charge in [0.2, 0.25) is 0 Å². The molecule has 1 aromatic carbocycles. The van der Waals surface area contributed by atoms with E-state index < -0.39 is 29.7 Å². The quantitative estimate of drug-likeness (QED) is 0.898. The molecule has 1 aromatic rings. The van der Waals surface area contributed by atoms with Crippen molar-refractivity contribution in [2.45, 2.75) is 52.3 Å². The number of hydrogen-bond acceptors (Lipinski definition) is 4. The van der Waals surface area contributed by atoms with Gasteiger partial charge < -0.3 is 14.6 Å². The fourth-order valence-electron chi connectivity index (χ4n) is 2.15. The first kappa shape index (κ1) is 18.8. The van der Waals surface area contributed by atoms with Crippen LogP contribution in [0, 0.1) is 0 Å². The molecule has 0 aliphatic carbocycles. The second-order valence-corrected chi connectivity index (χ2v) is 6.35. The molecule has 2 atom stereocenters. The molecule has 0 spiro atoms. The molecule has 128 valence electrons. The molecule has 1 rings (SSSR count). The van der Waals surface area contributed by atoms with Gasteiger partial charge in [0, 0.05) is 0 Å². The Morgan fingerprint density at radius 2 is 1.83 bits per heavy atom. The second-order valence-electron chi connectivity index (χ2n) is 6.35. The Balaban J connectivity index is 3.17. The summed E-state index contributed by atoms with van der Waals surface area (Å²) in [6.45, 7) is 8.45. The summed E-state index contributed by atoms with van der Waals surface area (Å²) in [6.07, 6.45) is -0.664. The number of amides is 1. The second kappa shape index (κ2) is 7.35. The normalized spacial score (nSPS) is 13.8. The highest BCUT2D eigenvalue weighted by Crippen LogP contribution is 2.27. The monoisotopic (exact) mass is 323 g/mol. The van der Waals surface area contributed by atoms with Crippen LogP contribution in [-0.4, -0.2) is 40.8 Å². The molecule has 6 nitrogen and oxygen atoms in total. The van der Waals surface area contributed by atoms with Crippen molar-refractivity contribution in [3.05, 3.63) is 29.8 Å². The summed E-state index contributed by atoms with van der Waals surface area (Å²) < 4.78 is 10.5. The zero-order chi connectivity index (χ0) is 17.8. The highest BCUT2D eigenvalue weighted by atomic mass is 16.6. The molecule has 23 heavy (non-hydrogen) atoms. The van der Waals surface area contributed by atoms with E-state index >= 15 is 0 Å². The van der Waals surface area contributed by atoms with Crippen molar-refractivity contribution in [1.29, 1.82) is 0 Å². The van der Waals surface area contributed by atoms with E-state index in [0.29, 0.717) is 5.75 Å². The van der Waals surface area contributed by atoms with Crippen molar-refractivity contribution in [2.75, 3.05) is 7.11 Å². The van der Waals surface area contributed by atoms with E-state index in [9.17, 15) is 14.7 Å². The van der Waals surface area contributed by atoms with Crippen LogP contribution in [-0.2, 0) is 9.53 Å². The van der Waals surface area contributed by atoms with Gasteiger partial charge in [-0.05, 0) is 52.3 Å². The van der Waals surface area contributed by atoms with Crippen LogP contribution >= 0.6 is 0 Å². The fourth-order valence-corrected chi connectivity index (χ4v) is 2.15. The number of ether oxygens (including phenoxy) is 2. The molecule has 0 aliphatic rings. The fraction of sp³-hybridized carbons (Fsp3) is 0.529. The van der Waals surface area contributed by atoms with Gasteiger partial charge in [0.25, 0.3) is 0 Å². The third kappa shape index (κ3) is 5.16. The number of rotatable bonds is 5. The molecule has 0 radical (unpaired) electrons. The van der Waals surface area contributed by atoms with E-state index in [0.717, 1.165) is 5.56 Å². The van der Waals surface area contributed by atoms with E-state index in [-0.39, 0.29) is 0 Å². The highest BCUT2D eigenvalue weighted by molar-refractivity contribution is 5.80. The molecule has 0 saturated heterocycles. The van der Waals surface area contributed by atoms with Crippen molar-refractivity contribution in [3.8, 4) is 5.75 Å². The van der Waals surface area contributed by atoms with Gasteiger partial charge >= 0.3 is 12.1 Å². The molecule has 0 saturated carbocycles. The number of carboxylic acids is 1. The molecule has 0 fully saturated rings. The first-order valence-corrected chi connectivity index (χ1v) is 7.45. The number of carboxylic acid groups (broad SMARTS) is 1. The SMILES string of the molecule is COc1cccc(C(C)N(C(=O)OC(C)(C)C)C(C)C(=O)O)c1.